The summed E-state index contributed by atoms with van der Waals surface area (Å²) in [5.74, 6) is 0. The zero-order chi connectivity index (χ0) is 13.8. The lowest BCUT2D eigenvalue weighted by Crippen LogP contribution is -2.17. The van der Waals surface area contributed by atoms with Crippen molar-refractivity contribution in [3.8, 4) is 0 Å². The van der Waals surface area contributed by atoms with Gasteiger partial charge in [0.25, 0.3) is 0 Å². The van der Waals surface area contributed by atoms with Gasteiger partial charge in [0.15, 0.2) is 0 Å². The van der Waals surface area contributed by atoms with Crippen LogP contribution in [0.3, 0.4) is 0 Å². The number of alkyl halides is 1. The third-order valence-electron chi connectivity index (χ3n) is 3.31. The first-order valence-corrected chi connectivity index (χ1v) is 7.69. The Labute approximate surface area is 128 Å². The summed E-state index contributed by atoms with van der Waals surface area (Å²) < 4.78 is 0. The van der Waals surface area contributed by atoms with E-state index in [0.717, 1.165) is 6.42 Å². The monoisotopic (exact) mass is 325 g/mol. The average Bonchev–Trinajstić information content (AvgIpc) is 2.52. The van der Waals surface area contributed by atoms with Crippen molar-refractivity contribution in [3.63, 3.8) is 0 Å². The lowest BCUT2D eigenvalue weighted by atomic mass is 10.1. The highest BCUT2D eigenvalue weighted by molar-refractivity contribution is 9.09. The zero-order valence-electron chi connectivity index (χ0n) is 11.1. The van der Waals surface area contributed by atoms with Gasteiger partial charge in [0, 0.05) is 21.9 Å². The first kappa shape index (κ1) is 13.2. The van der Waals surface area contributed by atoms with Crippen LogP contribution in [-0.2, 0) is 0 Å². The van der Waals surface area contributed by atoms with Gasteiger partial charge in [-0.15, -0.1) is 0 Å². The first-order valence-electron chi connectivity index (χ1n) is 6.77. The van der Waals surface area contributed by atoms with E-state index in [2.05, 4.69) is 87.6 Å². The van der Waals surface area contributed by atoms with Crippen LogP contribution in [0.25, 0.3) is 0 Å². The second-order valence-corrected chi connectivity index (χ2v) is 5.92. The molecule has 0 fully saturated rings. The van der Waals surface area contributed by atoms with Crippen LogP contribution in [-0.4, -0.2) is 4.83 Å². The summed E-state index contributed by atoms with van der Waals surface area (Å²) in [4.78, 5) is 2.73. The largest absolute Gasteiger partial charge is 0.311 e. The van der Waals surface area contributed by atoms with Crippen LogP contribution in [0.2, 0.25) is 0 Å². The fourth-order valence-electron chi connectivity index (χ4n) is 2.35. The summed E-state index contributed by atoms with van der Waals surface area (Å²) in [6.07, 6.45) is 7.68. The maximum atomic E-state index is 3.63. The molecule has 0 bridgehead atoms. The summed E-state index contributed by atoms with van der Waals surface area (Å²) in [5, 5.41) is 0. The molecule has 20 heavy (non-hydrogen) atoms. The number of nitrogens with zero attached hydrogens (tertiary/aromatic N) is 1. The minimum atomic E-state index is 0.444. The predicted octanol–water partition coefficient (Wildman–Crippen LogP) is 5.43. The second-order valence-electron chi connectivity index (χ2n) is 4.75. The van der Waals surface area contributed by atoms with Crippen molar-refractivity contribution in [2.24, 2.45) is 0 Å². The molecule has 100 valence electrons. The minimum absolute atomic E-state index is 0.444. The maximum Gasteiger partial charge on any atom is 0.0461 e. The zero-order valence-corrected chi connectivity index (χ0v) is 12.7. The number of hydrogen-bond acceptors (Lipinski definition) is 1. The Kier molecular flexibility index (Phi) is 4.03. The van der Waals surface area contributed by atoms with Crippen molar-refractivity contribution < 1.29 is 0 Å². The molecular weight excluding hydrogens is 310 g/mol. The molecule has 1 aliphatic carbocycles. The van der Waals surface area contributed by atoms with Crippen LogP contribution in [0.5, 0.6) is 0 Å². The summed E-state index contributed by atoms with van der Waals surface area (Å²) in [6.45, 7) is 0. The van der Waals surface area contributed by atoms with Gasteiger partial charge in [0.1, 0.15) is 0 Å². The summed E-state index contributed by atoms with van der Waals surface area (Å²) >= 11 is 3.63. The van der Waals surface area contributed by atoms with Gasteiger partial charge in [-0.05, 0) is 36.8 Å². The van der Waals surface area contributed by atoms with Gasteiger partial charge < -0.3 is 4.90 Å². The van der Waals surface area contributed by atoms with Gasteiger partial charge in [0.2, 0.25) is 0 Å². The standard InChI is InChI=1S/C18H16BrN/c19-15-11-13-18(14-12-15)20(16-7-3-1-4-8-16)17-9-5-2-6-10-17/h1-11,13-15H,12H2. The molecule has 1 unspecified atom stereocenters. The van der Waals surface area contributed by atoms with E-state index < -0.39 is 0 Å². The van der Waals surface area contributed by atoms with Crippen molar-refractivity contribution in [2.75, 3.05) is 4.90 Å². The van der Waals surface area contributed by atoms with Gasteiger partial charge in [-0.3, -0.25) is 0 Å². The van der Waals surface area contributed by atoms with Crippen LogP contribution < -0.4 is 4.90 Å². The summed E-state index contributed by atoms with van der Waals surface area (Å²) in [5.41, 5.74) is 3.59. The highest BCUT2D eigenvalue weighted by Gasteiger charge is 2.15. The molecule has 0 aliphatic heterocycles. The van der Waals surface area contributed by atoms with Crippen molar-refractivity contribution in [3.05, 3.63) is 84.6 Å². The van der Waals surface area contributed by atoms with Crippen LogP contribution in [0.15, 0.2) is 84.6 Å². The van der Waals surface area contributed by atoms with E-state index in [1.165, 1.54) is 17.1 Å². The third kappa shape index (κ3) is 2.86. The molecule has 0 saturated carbocycles. The van der Waals surface area contributed by atoms with Crippen LogP contribution in [0.4, 0.5) is 11.4 Å². The van der Waals surface area contributed by atoms with Crippen LogP contribution in [0.1, 0.15) is 6.42 Å². The molecule has 3 rings (SSSR count). The van der Waals surface area contributed by atoms with Crippen molar-refractivity contribution in [1.29, 1.82) is 0 Å². The van der Waals surface area contributed by atoms with E-state index in [4.69, 9.17) is 0 Å². The Balaban J connectivity index is 2.03. The molecule has 0 radical (unpaired) electrons. The van der Waals surface area contributed by atoms with Gasteiger partial charge in [-0.25, -0.2) is 0 Å². The molecule has 0 aromatic heterocycles. The number of anilines is 2. The number of rotatable bonds is 3. The van der Waals surface area contributed by atoms with Gasteiger partial charge in [-0.1, -0.05) is 64.5 Å². The molecule has 0 saturated heterocycles. The maximum absolute atomic E-state index is 3.63. The molecule has 0 spiro atoms. The molecule has 2 aromatic rings. The Bertz CT molecular complexity index is 577. The molecular formula is C18H16BrN. The van der Waals surface area contributed by atoms with Crippen molar-refractivity contribution in [1.82, 2.24) is 0 Å². The number of hydrogen-bond donors (Lipinski definition) is 0. The van der Waals surface area contributed by atoms with Crippen LogP contribution >= 0.6 is 15.9 Å². The normalized spacial score (nSPS) is 17.6. The Morgan fingerprint density at radius 3 is 1.85 bits per heavy atom. The topological polar surface area (TPSA) is 3.24 Å². The molecule has 2 heteroatoms. The molecule has 1 nitrogen and oxygen atoms in total. The number of halogens is 1. The summed E-state index contributed by atoms with van der Waals surface area (Å²) in [7, 11) is 0. The Hall–Kier alpha value is -1.80. The Morgan fingerprint density at radius 1 is 0.850 bits per heavy atom. The molecule has 0 N–H and O–H groups in total. The number of para-hydroxylation sites is 2. The van der Waals surface area contributed by atoms with E-state index in [0.29, 0.717) is 4.83 Å². The average molecular weight is 326 g/mol. The SMILES string of the molecule is BrC1C=CC(N(c2ccccc2)c2ccccc2)=CC1. The van der Waals surface area contributed by atoms with Crippen molar-refractivity contribution in [2.45, 2.75) is 11.2 Å². The molecule has 2 aromatic carbocycles. The van der Waals surface area contributed by atoms with E-state index in [1.807, 2.05) is 12.1 Å². The molecule has 1 atom stereocenters. The Morgan fingerprint density at radius 2 is 1.40 bits per heavy atom. The van der Waals surface area contributed by atoms with E-state index >= 15 is 0 Å². The smallest absolute Gasteiger partial charge is 0.0461 e. The third-order valence-corrected chi connectivity index (χ3v) is 3.99. The van der Waals surface area contributed by atoms with E-state index in [-0.39, 0.29) is 0 Å². The molecule has 0 amide bonds. The predicted molar refractivity (Wildman–Crippen MR) is 89.6 cm³/mol. The highest BCUT2D eigenvalue weighted by Crippen LogP contribution is 2.32. The van der Waals surface area contributed by atoms with Crippen molar-refractivity contribution >= 4 is 27.3 Å². The highest BCUT2D eigenvalue weighted by atomic mass is 79.9. The van der Waals surface area contributed by atoms with Gasteiger partial charge in [0.05, 0.1) is 0 Å². The fourth-order valence-corrected chi connectivity index (χ4v) is 2.69. The van der Waals surface area contributed by atoms with E-state index in [9.17, 15) is 0 Å². The molecule has 1 aliphatic rings. The quantitative estimate of drug-likeness (QED) is 0.680. The molecule has 0 heterocycles. The van der Waals surface area contributed by atoms with E-state index in [1.54, 1.807) is 0 Å². The lowest BCUT2D eigenvalue weighted by Gasteiger charge is -2.28. The van der Waals surface area contributed by atoms with Gasteiger partial charge in [-0.2, -0.15) is 0 Å². The van der Waals surface area contributed by atoms with Crippen LogP contribution in [0, 0.1) is 0 Å². The number of allylic oxidation sites excluding steroid dienone is 3. The summed E-state index contributed by atoms with van der Waals surface area (Å²) in [6, 6.07) is 21.0. The first-order chi connectivity index (χ1) is 9.84. The number of benzene rings is 2. The van der Waals surface area contributed by atoms with Gasteiger partial charge >= 0.3 is 0 Å². The second kappa shape index (κ2) is 6.10. The minimum Gasteiger partial charge on any atom is -0.311 e. The lowest BCUT2D eigenvalue weighted by molar-refractivity contribution is 1.03. The fraction of sp³-hybridized carbons (Fsp3) is 0.111.